The molecular formula is C24H26N4O3. The number of Topliss-reactive ketones (excluding diaryl/α,β-unsaturated/α-hetero) is 1. The van der Waals surface area contributed by atoms with Crippen LogP contribution in [0.25, 0.3) is 0 Å². The average molecular weight is 418 g/mol. The first-order chi connectivity index (χ1) is 15.0. The van der Waals surface area contributed by atoms with E-state index >= 15 is 0 Å². The van der Waals surface area contributed by atoms with Gasteiger partial charge in [-0.3, -0.25) is 9.59 Å². The van der Waals surface area contributed by atoms with Crippen molar-refractivity contribution in [1.29, 1.82) is 0 Å². The fraction of sp³-hybridized carbons (Fsp3) is 0.333. The van der Waals surface area contributed by atoms with Crippen molar-refractivity contribution in [3.05, 3.63) is 71.8 Å². The predicted molar refractivity (Wildman–Crippen MR) is 118 cm³/mol. The van der Waals surface area contributed by atoms with Crippen LogP contribution < -0.4 is 4.90 Å². The molecule has 0 radical (unpaired) electrons. The third-order valence-electron chi connectivity index (χ3n) is 5.66. The van der Waals surface area contributed by atoms with Crippen molar-refractivity contribution in [1.82, 2.24) is 14.5 Å². The summed E-state index contributed by atoms with van der Waals surface area (Å²) in [6.45, 7) is 3.46. The molecular weight excluding hydrogens is 392 g/mol. The number of carbonyl (C=O) groups excluding carboxylic acids is 1. The maximum Gasteiger partial charge on any atom is 0.304 e. The highest BCUT2D eigenvalue weighted by molar-refractivity contribution is 5.93. The lowest BCUT2D eigenvalue weighted by atomic mass is 9.95. The molecule has 31 heavy (non-hydrogen) atoms. The lowest BCUT2D eigenvalue weighted by molar-refractivity contribution is -0.137. The van der Waals surface area contributed by atoms with Crippen LogP contribution in [0, 0.1) is 0 Å². The van der Waals surface area contributed by atoms with Gasteiger partial charge in [0.05, 0.1) is 12.7 Å². The van der Waals surface area contributed by atoms with E-state index < -0.39 is 5.97 Å². The lowest BCUT2D eigenvalue weighted by Crippen LogP contribution is -2.33. The molecule has 0 saturated heterocycles. The summed E-state index contributed by atoms with van der Waals surface area (Å²) in [6.07, 6.45) is 6.24. The SMILES string of the molecule is CCC(=O)c1cn(CC(CC(=O)O)c2ccccc2)cn1.c1cc2c3nc1N3CCC2. The quantitative estimate of drug-likeness (QED) is 0.578. The molecule has 0 saturated carbocycles. The Balaban J connectivity index is 0.000000188. The van der Waals surface area contributed by atoms with Crippen molar-refractivity contribution in [3.63, 3.8) is 0 Å². The summed E-state index contributed by atoms with van der Waals surface area (Å²) in [5.41, 5.74) is 2.83. The standard InChI is InChI=1S/C16H18N2O3.C8H8N2/c1-2-15(19)14-10-18(11-17-14)9-13(8-16(20)21)12-6-4-3-5-7-12;1-2-6-3-4-7-9-8(6)10(7)5-1/h3-7,10-11,13H,2,8-9H2,1H3,(H,20,21);3-4H,1-2,5H2. The summed E-state index contributed by atoms with van der Waals surface area (Å²) < 4.78 is 1.78. The third kappa shape index (κ3) is 4.66. The summed E-state index contributed by atoms with van der Waals surface area (Å²) in [6, 6.07) is 13.8. The number of aryl methyl sites for hydroxylation is 1. The number of fused-ring (bicyclic) bond motifs is 1. The molecule has 6 rings (SSSR count). The third-order valence-corrected chi connectivity index (χ3v) is 5.66. The van der Waals surface area contributed by atoms with Crippen LogP contribution in [0.15, 0.2) is 55.0 Å². The molecule has 0 aliphatic carbocycles. The number of nitrogens with zero attached hydrogens (tertiary/aromatic N) is 4. The topological polar surface area (TPSA) is 88.3 Å². The molecule has 1 unspecified atom stereocenters. The van der Waals surface area contributed by atoms with Gasteiger partial charge in [0.15, 0.2) is 5.78 Å². The van der Waals surface area contributed by atoms with Crippen LogP contribution in [0.2, 0.25) is 0 Å². The van der Waals surface area contributed by atoms with Gasteiger partial charge in [-0.15, -0.1) is 0 Å². The number of anilines is 2. The molecule has 0 fully saturated rings. The Hall–Kier alpha value is -3.48. The van der Waals surface area contributed by atoms with Gasteiger partial charge in [0, 0.05) is 31.6 Å². The number of pyridine rings is 1. The maximum atomic E-state index is 11.6. The van der Waals surface area contributed by atoms with Gasteiger partial charge in [0.25, 0.3) is 0 Å². The van der Waals surface area contributed by atoms with Crippen LogP contribution in [-0.4, -0.2) is 37.9 Å². The average Bonchev–Trinajstić information content (AvgIpc) is 3.24. The van der Waals surface area contributed by atoms with E-state index in [1.54, 1.807) is 24.0 Å². The zero-order valence-electron chi connectivity index (χ0n) is 17.6. The van der Waals surface area contributed by atoms with E-state index in [0.717, 1.165) is 5.56 Å². The van der Waals surface area contributed by atoms with Crippen LogP contribution >= 0.6 is 0 Å². The number of hydrogen-bond donors (Lipinski definition) is 1. The zero-order chi connectivity index (χ0) is 21.8. The Morgan fingerprint density at radius 3 is 2.61 bits per heavy atom. The molecule has 7 nitrogen and oxygen atoms in total. The number of aromatic nitrogens is 3. The maximum absolute atomic E-state index is 11.6. The number of aliphatic carboxylic acids is 1. The van der Waals surface area contributed by atoms with E-state index in [-0.39, 0.29) is 18.1 Å². The van der Waals surface area contributed by atoms with Gasteiger partial charge in [-0.05, 0) is 30.0 Å². The fourth-order valence-corrected chi connectivity index (χ4v) is 4.02. The molecule has 0 amide bonds. The number of rotatable bonds is 7. The van der Waals surface area contributed by atoms with Crippen LogP contribution in [0.1, 0.15) is 53.7 Å². The second-order valence-corrected chi connectivity index (χ2v) is 7.85. The molecule has 2 aromatic heterocycles. The van der Waals surface area contributed by atoms with E-state index in [0.29, 0.717) is 18.7 Å². The highest BCUT2D eigenvalue weighted by Gasteiger charge is 2.28. The first-order valence-electron chi connectivity index (χ1n) is 10.6. The second-order valence-electron chi connectivity index (χ2n) is 7.85. The number of hydrogen-bond acceptors (Lipinski definition) is 5. The molecule has 5 heterocycles. The molecule has 3 aromatic rings. The van der Waals surface area contributed by atoms with Gasteiger partial charge >= 0.3 is 5.97 Å². The normalized spacial score (nSPS) is 14.2. The zero-order valence-corrected chi connectivity index (χ0v) is 17.6. The minimum absolute atomic E-state index is 0.0109. The van der Waals surface area contributed by atoms with E-state index in [1.807, 2.05) is 30.3 Å². The van der Waals surface area contributed by atoms with Crippen LogP contribution in [0.4, 0.5) is 11.6 Å². The molecule has 1 atom stereocenters. The first-order valence-corrected chi connectivity index (χ1v) is 10.6. The van der Waals surface area contributed by atoms with Crippen LogP contribution in [-0.2, 0) is 17.8 Å². The van der Waals surface area contributed by atoms with Gasteiger partial charge in [-0.25, -0.2) is 9.97 Å². The van der Waals surface area contributed by atoms with Gasteiger partial charge in [0.1, 0.15) is 17.3 Å². The van der Waals surface area contributed by atoms with E-state index in [9.17, 15) is 9.59 Å². The number of carboxylic acids is 1. The Morgan fingerprint density at radius 2 is 1.97 bits per heavy atom. The summed E-state index contributed by atoms with van der Waals surface area (Å²) in [7, 11) is 0. The molecule has 160 valence electrons. The highest BCUT2D eigenvalue weighted by atomic mass is 16.4. The Labute approximate surface area is 181 Å². The van der Waals surface area contributed by atoms with Crippen molar-refractivity contribution in [2.24, 2.45) is 0 Å². The Morgan fingerprint density at radius 1 is 1.16 bits per heavy atom. The summed E-state index contributed by atoms with van der Waals surface area (Å²) >= 11 is 0. The Kier molecular flexibility index (Phi) is 6.11. The monoisotopic (exact) mass is 418 g/mol. The van der Waals surface area contributed by atoms with Crippen molar-refractivity contribution < 1.29 is 14.7 Å². The minimum atomic E-state index is -0.839. The number of carbonyl (C=O) groups is 2. The van der Waals surface area contributed by atoms with Gasteiger partial charge < -0.3 is 14.6 Å². The Bertz CT molecular complexity index is 1070. The number of benzene rings is 1. The van der Waals surface area contributed by atoms with Crippen LogP contribution in [0.3, 0.4) is 0 Å². The van der Waals surface area contributed by atoms with E-state index in [4.69, 9.17) is 5.11 Å². The summed E-state index contributed by atoms with van der Waals surface area (Å²) in [4.78, 5) is 33.4. The molecule has 3 aliphatic heterocycles. The smallest absolute Gasteiger partial charge is 0.304 e. The molecule has 7 heteroatoms. The lowest BCUT2D eigenvalue weighted by Gasteiger charge is -2.36. The van der Waals surface area contributed by atoms with Crippen molar-refractivity contribution >= 4 is 23.4 Å². The van der Waals surface area contributed by atoms with Crippen molar-refractivity contribution in [2.75, 3.05) is 11.4 Å². The minimum Gasteiger partial charge on any atom is -0.481 e. The molecule has 3 aliphatic rings. The number of carboxylic acid groups (broad SMARTS) is 1. The highest BCUT2D eigenvalue weighted by Crippen LogP contribution is 2.39. The summed E-state index contributed by atoms with van der Waals surface area (Å²) in [5.74, 6) is 1.40. The first kappa shape index (κ1) is 20.8. The molecule has 1 N–H and O–H groups in total. The van der Waals surface area contributed by atoms with Crippen molar-refractivity contribution in [3.8, 4) is 0 Å². The van der Waals surface area contributed by atoms with Gasteiger partial charge in [-0.1, -0.05) is 43.3 Å². The van der Waals surface area contributed by atoms with E-state index in [2.05, 4.69) is 27.0 Å². The molecule has 0 spiro atoms. The second kappa shape index (κ2) is 9.12. The molecule has 4 bridgehead atoms. The van der Waals surface area contributed by atoms with Crippen LogP contribution in [0.5, 0.6) is 0 Å². The predicted octanol–water partition coefficient (Wildman–Crippen LogP) is 4.21. The molecule has 1 aromatic carbocycles. The van der Waals surface area contributed by atoms with Crippen molar-refractivity contribution in [2.45, 2.75) is 45.1 Å². The van der Waals surface area contributed by atoms with Gasteiger partial charge in [0.2, 0.25) is 0 Å². The van der Waals surface area contributed by atoms with E-state index in [1.165, 1.54) is 36.6 Å². The van der Waals surface area contributed by atoms with Gasteiger partial charge in [-0.2, -0.15) is 0 Å². The fourth-order valence-electron chi connectivity index (χ4n) is 4.02. The summed E-state index contributed by atoms with van der Waals surface area (Å²) in [5, 5.41) is 9.08. The largest absolute Gasteiger partial charge is 0.481 e. The number of ketones is 1. The number of imidazole rings is 1.